The Hall–Kier alpha value is -0.860. The maximum Gasteiger partial charge on any atom is 0.0244 e. The zero-order valence-electron chi connectivity index (χ0n) is 10.9. The van der Waals surface area contributed by atoms with Crippen molar-refractivity contribution in [3.05, 3.63) is 35.9 Å². The van der Waals surface area contributed by atoms with Crippen molar-refractivity contribution in [1.82, 2.24) is 5.43 Å². The van der Waals surface area contributed by atoms with Crippen molar-refractivity contribution in [3.63, 3.8) is 0 Å². The molecule has 2 nitrogen and oxygen atoms in total. The highest BCUT2D eigenvalue weighted by molar-refractivity contribution is 5.14. The van der Waals surface area contributed by atoms with E-state index in [1.54, 1.807) is 0 Å². The summed E-state index contributed by atoms with van der Waals surface area (Å²) in [6, 6.07) is 11.2. The molecule has 1 aromatic rings. The van der Waals surface area contributed by atoms with Gasteiger partial charge < -0.3 is 0 Å². The molecular formula is C15H24N2. The van der Waals surface area contributed by atoms with E-state index < -0.39 is 0 Å². The van der Waals surface area contributed by atoms with Gasteiger partial charge in [0.2, 0.25) is 0 Å². The Morgan fingerprint density at radius 1 is 1.35 bits per heavy atom. The van der Waals surface area contributed by atoms with E-state index in [1.807, 2.05) is 0 Å². The molecular weight excluding hydrogens is 208 g/mol. The maximum atomic E-state index is 5.66. The van der Waals surface area contributed by atoms with Gasteiger partial charge >= 0.3 is 0 Å². The van der Waals surface area contributed by atoms with Crippen LogP contribution in [0, 0.1) is 11.3 Å². The highest BCUT2D eigenvalue weighted by atomic mass is 15.2. The molecule has 2 rings (SSSR count). The second kappa shape index (κ2) is 5.19. The first-order valence-electron chi connectivity index (χ1n) is 6.63. The number of nitrogens with one attached hydrogen (secondary N) is 1. The van der Waals surface area contributed by atoms with Gasteiger partial charge in [-0.3, -0.25) is 11.3 Å². The van der Waals surface area contributed by atoms with Gasteiger partial charge in [0.15, 0.2) is 0 Å². The van der Waals surface area contributed by atoms with Gasteiger partial charge in [0, 0.05) is 6.04 Å². The van der Waals surface area contributed by atoms with Gasteiger partial charge in [0.25, 0.3) is 0 Å². The lowest BCUT2D eigenvalue weighted by molar-refractivity contribution is 0.383. The summed E-state index contributed by atoms with van der Waals surface area (Å²) in [6.07, 6.45) is 4.87. The standard InChI is InChI=1S/C15H24N2/c1-15(2)11-13(15)14(17-16)10-6-9-12-7-4-3-5-8-12/h3-5,7-8,13-14,17H,6,9-11,16H2,1-2H3. The van der Waals surface area contributed by atoms with E-state index in [1.165, 1.54) is 24.8 Å². The van der Waals surface area contributed by atoms with Gasteiger partial charge in [-0.15, -0.1) is 0 Å². The summed E-state index contributed by atoms with van der Waals surface area (Å²) >= 11 is 0. The zero-order chi connectivity index (χ0) is 12.3. The molecule has 0 aromatic heterocycles. The zero-order valence-corrected chi connectivity index (χ0v) is 10.9. The molecule has 0 aliphatic heterocycles. The summed E-state index contributed by atoms with van der Waals surface area (Å²) in [4.78, 5) is 0. The fraction of sp³-hybridized carbons (Fsp3) is 0.600. The second-order valence-corrected chi connectivity index (χ2v) is 5.95. The lowest BCUT2D eigenvalue weighted by Crippen LogP contribution is -2.38. The molecule has 0 heterocycles. The summed E-state index contributed by atoms with van der Waals surface area (Å²) in [7, 11) is 0. The first-order chi connectivity index (χ1) is 8.13. The molecule has 0 saturated heterocycles. The number of hydrogen-bond donors (Lipinski definition) is 2. The number of nitrogens with two attached hydrogens (primary N) is 1. The predicted molar refractivity (Wildman–Crippen MR) is 72.4 cm³/mol. The van der Waals surface area contributed by atoms with Crippen LogP contribution in [-0.4, -0.2) is 6.04 Å². The molecule has 94 valence electrons. The van der Waals surface area contributed by atoms with Crippen LogP contribution in [-0.2, 0) is 6.42 Å². The van der Waals surface area contributed by atoms with E-state index in [-0.39, 0.29) is 0 Å². The van der Waals surface area contributed by atoms with Crippen LogP contribution in [0.3, 0.4) is 0 Å². The van der Waals surface area contributed by atoms with Crippen LogP contribution < -0.4 is 11.3 Å². The van der Waals surface area contributed by atoms with E-state index in [0.717, 1.165) is 12.3 Å². The number of hydrogen-bond acceptors (Lipinski definition) is 2. The fourth-order valence-corrected chi connectivity index (χ4v) is 2.77. The Morgan fingerprint density at radius 2 is 2.00 bits per heavy atom. The molecule has 1 saturated carbocycles. The fourth-order valence-electron chi connectivity index (χ4n) is 2.77. The van der Waals surface area contributed by atoms with Crippen LogP contribution in [0.25, 0.3) is 0 Å². The molecule has 0 spiro atoms. The van der Waals surface area contributed by atoms with Crippen molar-refractivity contribution in [2.75, 3.05) is 0 Å². The molecule has 1 aliphatic carbocycles. The number of rotatable bonds is 6. The smallest absolute Gasteiger partial charge is 0.0244 e. The number of hydrazine groups is 1. The van der Waals surface area contributed by atoms with Crippen molar-refractivity contribution in [3.8, 4) is 0 Å². The van der Waals surface area contributed by atoms with Gasteiger partial charge in [-0.25, -0.2) is 0 Å². The van der Waals surface area contributed by atoms with Crippen LogP contribution >= 0.6 is 0 Å². The Balaban J connectivity index is 1.74. The summed E-state index contributed by atoms with van der Waals surface area (Å²) < 4.78 is 0. The lowest BCUT2D eigenvalue weighted by Gasteiger charge is -2.17. The molecule has 2 atom stereocenters. The lowest BCUT2D eigenvalue weighted by atomic mass is 9.98. The summed E-state index contributed by atoms with van der Waals surface area (Å²) in [5.74, 6) is 6.43. The van der Waals surface area contributed by atoms with Gasteiger partial charge in [-0.2, -0.15) is 0 Å². The Labute approximate surface area is 105 Å². The van der Waals surface area contributed by atoms with Crippen LogP contribution in [0.15, 0.2) is 30.3 Å². The SMILES string of the molecule is CC1(C)CC1C(CCCc1ccccc1)NN. The van der Waals surface area contributed by atoms with E-state index in [4.69, 9.17) is 5.84 Å². The molecule has 1 fully saturated rings. The van der Waals surface area contributed by atoms with Crippen molar-refractivity contribution >= 4 is 0 Å². The van der Waals surface area contributed by atoms with E-state index in [9.17, 15) is 0 Å². The predicted octanol–water partition coefficient (Wildman–Crippen LogP) is 2.89. The minimum Gasteiger partial charge on any atom is -0.271 e. The van der Waals surface area contributed by atoms with Gasteiger partial charge in [-0.05, 0) is 42.6 Å². The highest BCUT2D eigenvalue weighted by Crippen LogP contribution is 2.54. The first kappa shape index (κ1) is 12.6. The van der Waals surface area contributed by atoms with Crippen LogP contribution in [0.1, 0.15) is 38.7 Å². The van der Waals surface area contributed by atoms with Gasteiger partial charge in [-0.1, -0.05) is 44.2 Å². The van der Waals surface area contributed by atoms with Gasteiger partial charge in [0.05, 0.1) is 0 Å². The highest BCUT2D eigenvalue weighted by Gasteiger charge is 2.49. The molecule has 3 N–H and O–H groups in total. The molecule has 2 unspecified atom stereocenters. The Bertz CT molecular complexity index is 345. The van der Waals surface area contributed by atoms with Gasteiger partial charge in [0.1, 0.15) is 0 Å². The van der Waals surface area contributed by atoms with Crippen molar-refractivity contribution in [1.29, 1.82) is 0 Å². The number of benzene rings is 1. The van der Waals surface area contributed by atoms with E-state index in [0.29, 0.717) is 11.5 Å². The van der Waals surface area contributed by atoms with Crippen molar-refractivity contribution < 1.29 is 0 Å². The minimum absolute atomic E-state index is 0.494. The topological polar surface area (TPSA) is 38.0 Å². The molecule has 0 bridgehead atoms. The van der Waals surface area contributed by atoms with Crippen molar-refractivity contribution in [2.45, 2.75) is 45.6 Å². The summed E-state index contributed by atoms with van der Waals surface area (Å²) in [5.41, 5.74) is 4.94. The third kappa shape index (κ3) is 3.30. The molecule has 17 heavy (non-hydrogen) atoms. The molecule has 1 aliphatic rings. The largest absolute Gasteiger partial charge is 0.271 e. The third-order valence-electron chi connectivity index (χ3n) is 4.11. The normalized spacial score (nSPS) is 23.4. The third-order valence-corrected chi connectivity index (χ3v) is 4.11. The van der Waals surface area contributed by atoms with Crippen molar-refractivity contribution in [2.24, 2.45) is 17.2 Å². The Morgan fingerprint density at radius 3 is 2.53 bits per heavy atom. The molecule has 0 amide bonds. The quantitative estimate of drug-likeness (QED) is 0.584. The van der Waals surface area contributed by atoms with E-state index in [2.05, 4.69) is 49.6 Å². The average molecular weight is 232 g/mol. The summed E-state index contributed by atoms with van der Waals surface area (Å²) in [6.45, 7) is 4.67. The minimum atomic E-state index is 0.494. The van der Waals surface area contributed by atoms with Crippen LogP contribution in [0.5, 0.6) is 0 Å². The maximum absolute atomic E-state index is 5.66. The van der Waals surface area contributed by atoms with Crippen LogP contribution in [0.4, 0.5) is 0 Å². The van der Waals surface area contributed by atoms with E-state index >= 15 is 0 Å². The second-order valence-electron chi connectivity index (χ2n) is 5.95. The Kier molecular flexibility index (Phi) is 3.85. The number of aryl methyl sites for hydroxylation is 1. The first-order valence-corrected chi connectivity index (χ1v) is 6.63. The van der Waals surface area contributed by atoms with Crippen LogP contribution in [0.2, 0.25) is 0 Å². The summed E-state index contributed by atoms with van der Waals surface area (Å²) in [5, 5.41) is 0. The average Bonchev–Trinajstić information content (AvgIpc) is 2.95. The molecule has 2 heteroatoms. The monoisotopic (exact) mass is 232 g/mol. The molecule has 0 radical (unpaired) electrons. The molecule has 1 aromatic carbocycles.